The van der Waals surface area contributed by atoms with E-state index in [2.05, 4.69) is 17.1 Å². The summed E-state index contributed by atoms with van der Waals surface area (Å²) < 4.78 is 26.6. The third-order valence-electron chi connectivity index (χ3n) is 3.07. The standard InChI is InChI=1S/C13H18F2N2/c1-10-7-16-4-5-17(8-10)9-11-6-12(14)2-3-13(11)15/h2-3,6,10,16H,4-5,7-9H2,1H3. The molecular weight excluding hydrogens is 222 g/mol. The van der Waals surface area contributed by atoms with Crippen molar-refractivity contribution in [3.8, 4) is 0 Å². The number of halogens is 2. The van der Waals surface area contributed by atoms with E-state index in [1.165, 1.54) is 12.1 Å². The number of hydrogen-bond donors (Lipinski definition) is 1. The summed E-state index contributed by atoms with van der Waals surface area (Å²) in [6, 6.07) is 3.65. The smallest absolute Gasteiger partial charge is 0.127 e. The number of nitrogens with one attached hydrogen (secondary N) is 1. The molecule has 1 aliphatic rings. The van der Waals surface area contributed by atoms with Gasteiger partial charge < -0.3 is 5.32 Å². The first-order chi connectivity index (χ1) is 8.15. The van der Waals surface area contributed by atoms with Crippen LogP contribution in [0, 0.1) is 17.6 Å². The van der Waals surface area contributed by atoms with E-state index in [0.717, 1.165) is 32.2 Å². The van der Waals surface area contributed by atoms with E-state index in [1.807, 2.05) is 0 Å². The van der Waals surface area contributed by atoms with Crippen molar-refractivity contribution in [2.24, 2.45) is 5.92 Å². The number of rotatable bonds is 2. The Morgan fingerprint density at radius 2 is 2.24 bits per heavy atom. The van der Waals surface area contributed by atoms with Gasteiger partial charge in [0.2, 0.25) is 0 Å². The van der Waals surface area contributed by atoms with Gasteiger partial charge in [-0.3, -0.25) is 4.90 Å². The van der Waals surface area contributed by atoms with Crippen molar-refractivity contribution in [3.63, 3.8) is 0 Å². The summed E-state index contributed by atoms with van der Waals surface area (Å²) >= 11 is 0. The topological polar surface area (TPSA) is 15.3 Å². The minimum Gasteiger partial charge on any atom is -0.315 e. The lowest BCUT2D eigenvalue weighted by Gasteiger charge is -2.22. The summed E-state index contributed by atoms with van der Waals surface area (Å²) in [6.07, 6.45) is 0. The second-order valence-corrected chi connectivity index (χ2v) is 4.78. The molecule has 0 amide bonds. The fourth-order valence-electron chi connectivity index (χ4n) is 2.23. The van der Waals surface area contributed by atoms with Crippen molar-refractivity contribution >= 4 is 0 Å². The Balaban J connectivity index is 2.06. The molecule has 4 heteroatoms. The normalized spacial score (nSPS) is 22.4. The summed E-state index contributed by atoms with van der Waals surface area (Å²) in [5.74, 6) is -0.159. The average molecular weight is 240 g/mol. The Hall–Kier alpha value is -1.00. The summed E-state index contributed by atoms with van der Waals surface area (Å²) in [6.45, 7) is 6.33. The van der Waals surface area contributed by atoms with E-state index in [1.54, 1.807) is 0 Å². The molecule has 1 atom stereocenters. The first-order valence-electron chi connectivity index (χ1n) is 6.02. The monoisotopic (exact) mass is 240 g/mol. The predicted molar refractivity (Wildman–Crippen MR) is 63.7 cm³/mol. The molecule has 0 radical (unpaired) electrons. The van der Waals surface area contributed by atoms with Crippen LogP contribution < -0.4 is 5.32 Å². The van der Waals surface area contributed by atoms with Gasteiger partial charge in [-0.25, -0.2) is 8.78 Å². The Morgan fingerprint density at radius 1 is 1.41 bits per heavy atom. The highest BCUT2D eigenvalue weighted by molar-refractivity contribution is 5.18. The fourth-order valence-corrected chi connectivity index (χ4v) is 2.23. The van der Waals surface area contributed by atoms with Crippen molar-refractivity contribution in [3.05, 3.63) is 35.4 Å². The highest BCUT2D eigenvalue weighted by Gasteiger charge is 2.16. The van der Waals surface area contributed by atoms with Crippen LogP contribution in [0.2, 0.25) is 0 Å². The van der Waals surface area contributed by atoms with Gasteiger partial charge in [0.05, 0.1) is 0 Å². The third-order valence-corrected chi connectivity index (χ3v) is 3.07. The summed E-state index contributed by atoms with van der Waals surface area (Å²) in [4.78, 5) is 2.17. The van der Waals surface area contributed by atoms with Crippen LogP contribution in [0.25, 0.3) is 0 Å². The maximum Gasteiger partial charge on any atom is 0.127 e. The van der Waals surface area contributed by atoms with E-state index in [9.17, 15) is 8.78 Å². The lowest BCUT2D eigenvalue weighted by atomic mass is 10.1. The van der Waals surface area contributed by atoms with Crippen LogP contribution in [0.1, 0.15) is 12.5 Å². The molecule has 0 aromatic heterocycles. The molecule has 1 aromatic rings. The quantitative estimate of drug-likeness (QED) is 0.850. The molecule has 1 fully saturated rings. The zero-order valence-corrected chi connectivity index (χ0v) is 10.0. The second kappa shape index (κ2) is 5.56. The molecule has 94 valence electrons. The van der Waals surface area contributed by atoms with Crippen molar-refractivity contribution in [1.29, 1.82) is 0 Å². The lowest BCUT2D eigenvalue weighted by molar-refractivity contribution is 0.253. The molecular formula is C13H18F2N2. The molecule has 0 saturated carbocycles. The Morgan fingerprint density at radius 3 is 3.06 bits per heavy atom. The van der Waals surface area contributed by atoms with Crippen molar-refractivity contribution in [1.82, 2.24) is 10.2 Å². The molecule has 1 unspecified atom stereocenters. The zero-order chi connectivity index (χ0) is 12.3. The van der Waals surface area contributed by atoms with E-state index in [-0.39, 0.29) is 11.6 Å². The van der Waals surface area contributed by atoms with Crippen LogP contribution in [0.5, 0.6) is 0 Å². The molecule has 1 aliphatic heterocycles. The Kier molecular flexibility index (Phi) is 4.07. The van der Waals surface area contributed by atoms with Gasteiger partial charge in [-0.2, -0.15) is 0 Å². The lowest BCUT2D eigenvalue weighted by Crippen LogP contribution is -2.29. The average Bonchev–Trinajstić information content (AvgIpc) is 2.48. The molecule has 1 heterocycles. The highest BCUT2D eigenvalue weighted by atomic mass is 19.1. The maximum absolute atomic E-state index is 13.5. The zero-order valence-electron chi connectivity index (χ0n) is 10.0. The summed E-state index contributed by atoms with van der Waals surface area (Å²) in [7, 11) is 0. The number of nitrogens with zero attached hydrogens (tertiary/aromatic N) is 1. The minimum absolute atomic E-state index is 0.323. The molecule has 1 aromatic carbocycles. The van der Waals surface area contributed by atoms with E-state index in [0.29, 0.717) is 18.0 Å². The Bertz CT molecular complexity index is 382. The van der Waals surface area contributed by atoms with Gasteiger partial charge in [0.25, 0.3) is 0 Å². The van der Waals surface area contributed by atoms with Gasteiger partial charge in [0.15, 0.2) is 0 Å². The van der Waals surface area contributed by atoms with Crippen molar-refractivity contribution < 1.29 is 8.78 Å². The van der Waals surface area contributed by atoms with Crippen LogP contribution >= 0.6 is 0 Å². The molecule has 2 nitrogen and oxygen atoms in total. The van der Waals surface area contributed by atoms with Crippen LogP contribution in [0.4, 0.5) is 8.78 Å². The predicted octanol–water partition coefficient (Wildman–Crippen LogP) is 2.01. The van der Waals surface area contributed by atoms with Crippen LogP contribution in [0.15, 0.2) is 18.2 Å². The first kappa shape index (κ1) is 12.5. The minimum atomic E-state index is -0.373. The van der Waals surface area contributed by atoms with Crippen molar-refractivity contribution in [2.75, 3.05) is 26.2 Å². The maximum atomic E-state index is 13.5. The molecule has 1 saturated heterocycles. The molecule has 0 aliphatic carbocycles. The summed E-state index contributed by atoms with van der Waals surface area (Å²) in [5.41, 5.74) is 0.444. The molecule has 0 spiro atoms. The van der Waals surface area contributed by atoms with Crippen LogP contribution in [-0.2, 0) is 6.54 Å². The highest BCUT2D eigenvalue weighted by Crippen LogP contribution is 2.14. The number of benzene rings is 1. The van der Waals surface area contributed by atoms with Gasteiger partial charge in [-0.1, -0.05) is 6.92 Å². The van der Waals surface area contributed by atoms with Gasteiger partial charge in [0, 0.05) is 31.7 Å². The van der Waals surface area contributed by atoms with Gasteiger partial charge in [-0.15, -0.1) is 0 Å². The third kappa shape index (κ3) is 3.48. The van der Waals surface area contributed by atoms with Gasteiger partial charge in [-0.05, 0) is 30.7 Å². The summed E-state index contributed by atoms with van der Waals surface area (Å²) in [5, 5.41) is 3.33. The second-order valence-electron chi connectivity index (χ2n) is 4.78. The molecule has 0 bridgehead atoms. The first-order valence-corrected chi connectivity index (χ1v) is 6.02. The molecule has 2 rings (SSSR count). The van der Waals surface area contributed by atoms with Crippen molar-refractivity contribution in [2.45, 2.75) is 13.5 Å². The van der Waals surface area contributed by atoms with Crippen LogP contribution in [0.3, 0.4) is 0 Å². The number of hydrogen-bond acceptors (Lipinski definition) is 2. The largest absolute Gasteiger partial charge is 0.315 e. The van der Waals surface area contributed by atoms with Gasteiger partial charge >= 0.3 is 0 Å². The Labute approximate surface area is 101 Å². The van der Waals surface area contributed by atoms with E-state index < -0.39 is 0 Å². The fraction of sp³-hybridized carbons (Fsp3) is 0.538. The van der Waals surface area contributed by atoms with Gasteiger partial charge in [0.1, 0.15) is 11.6 Å². The van der Waals surface area contributed by atoms with E-state index in [4.69, 9.17) is 0 Å². The molecule has 17 heavy (non-hydrogen) atoms. The molecule has 1 N–H and O–H groups in total. The SMILES string of the molecule is CC1CNCCN(Cc2cc(F)ccc2F)C1. The van der Waals surface area contributed by atoms with Crippen LogP contribution in [-0.4, -0.2) is 31.1 Å². The van der Waals surface area contributed by atoms with E-state index >= 15 is 0 Å².